The number of thioether (sulfide) groups is 1. The van der Waals surface area contributed by atoms with Gasteiger partial charge in [0.25, 0.3) is 0 Å². The summed E-state index contributed by atoms with van der Waals surface area (Å²) in [6, 6.07) is 13.8. The normalized spacial score (nSPS) is 16.5. The number of methoxy groups -OCH3 is 1. The van der Waals surface area contributed by atoms with Crippen LogP contribution in [0.5, 0.6) is 17.2 Å². The standard InChI is InChI=1S/C21H23NO4S/c1-24-16-6-4-15(5-7-16)21(14-2-3-14)22-20(23)13-27-17-8-9-18-19(12-17)26-11-10-25-18/h4-9,12,14,21H,2-3,10-11,13H2,1H3,(H,22,23). The summed E-state index contributed by atoms with van der Waals surface area (Å²) in [4.78, 5) is 13.5. The minimum Gasteiger partial charge on any atom is -0.497 e. The molecule has 0 radical (unpaired) electrons. The number of fused-ring (bicyclic) bond motifs is 1. The summed E-state index contributed by atoms with van der Waals surface area (Å²) in [5, 5.41) is 3.21. The Morgan fingerprint density at radius 2 is 1.89 bits per heavy atom. The van der Waals surface area contributed by atoms with Crippen molar-refractivity contribution in [2.75, 3.05) is 26.1 Å². The van der Waals surface area contributed by atoms with Crippen LogP contribution in [0, 0.1) is 5.92 Å². The monoisotopic (exact) mass is 385 g/mol. The van der Waals surface area contributed by atoms with Crippen LogP contribution in [0.4, 0.5) is 0 Å². The molecule has 1 amide bonds. The van der Waals surface area contributed by atoms with Crippen LogP contribution in [-0.2, 0) is 4.79 Å². The van der Waals surface area contributed by atoms with E-state index in [2.05, 4.69) is 5.32 Å². The maximum absolute atomic E-state index is 12.5. The maximum atomic E-state index is 12.5. The fourth-order valence-electron chi connectivity index (χ4n) is 3.19. The molecule has 0 aromatic heterocycles. The summed E-state index contributed by atoms with van der Waals surface area (Å²) in [6.45, 7) is 1.14. The van der Waals surface area contributed by atoms with E-state index in [9.17, 15) is 4.79 Å². The van der Waals surface area contributed by atoms with Gasteiger partial charge >= 0.3 is 0 Å². The van der Waals surface area contributed by atoms with Gasteiger partial charge in [-0.3, -0.25) is 4.79 Å². The van der Waals surface area contributed by atoms with Gasteiger partial charge in [-0.2, -0.15) is 0 Å². The minimum atomic E-state index is 0.0441. The number of amides is 1. The number of hydrogen-bond acceptors (Lipinski definition) is 5. The van der Waals surface area contributed by atoms with Gasteiger partial charge in [0.05, 0.1) is 18.9 Å². The molecule has 5 nitrogen and oxygen atoms in total. The molecule has 1 heterocycles. The van der Waals surface area contributed by atoms with E-state index in [-0.39, 0.29) is 11.9 Å². The first-order valence-electron chi connectivity index (χ1n) is 9.19. The SMILES string of the molecule is COc1ccc(C(NC(=O)CSc2ccc3c(c2)OCCO3)C2CC2)cc1. The maximum Gasteiger partial charge on any atom is 0.230 e. The summed E-state index contributed by atoms with van der Waals surface area (Å²) in [5.74, 6) is 3.29. The van der Waals surface area contributed by atoms with E-state index in [1.165, 1.54) is 11.8 Å². The highest BCUT2D eigenvalue weighted by atomic mass is 32.2. The summed E-state index contributed by atoms with van der Waals surface area (Å²) in [5.41, 5.74) is 1.14. The molecular weight excluding hydrogens is 362 g/mol. The zero-order valence-corrected chi connectivity index (χ0v) is 16.1. The molecule has 1 aliphatic carbocycles. The average Bonchev–Trinajstić information content (AvgIpc) is 3.55. The highest BCUT2D eigenvalue weighted by Crippen LogP contribution is 2.41. The smallest absolute Gasteiger partial charge is 0.230 e. The molecule has 4 rings (SSSR count). The van der Waals surface area contributed by atoms with Crippen molar-refractivity contribution in [3.63, 3.8) is 0 Å². The molecule has 1 unspecified atom stereocenters. The number of benzene rings is 2. The third-order valence-electron chi connectivity index (χ3n) is 4.77. The van der Waals surface area contributed by atoms with Gasteiger partial charge in [0.2, 0.25) is 5.91 Å². The first-order chi connectivity index (χ1) is 13.2. The van der Waals surface area contributed by atoms with Crippen LogP contribution in [0.25, 0.3) is 0 Å². The van der Waals surface area contributed by atoms with Crippen molar-refractivity contribution >= 4 is 17.7 Å². The summed E-state index contributed by atoms with van der Waals surface area (Å²) < 4.78 is 16.4. The van der Waals surface area contributed by atoms with Gasteiger partial charge in [-0.25, -0.2) is 0 Å². The van der Waals surface area contributed by atoms with Gasteiger partial charge in [-0.05, 0) is 54.7 Å². The van der Waals surface area contributed by atoms with E-state index in [1.807, 2.05) is 42.5 Å². The Balaban J connectivity index is 1.36. The zero-order valence-electron chi connectivity index (χ0n) is 15.3. The molecule has 0 saturated heterocycles. The summed E-state index contributed by atoms with van der Waals surface area (Å²) >= 11 is 1.51. The Morgan fingerprint density at radius 3 is 2.59 bits per heavy atom. The number of hydrogen-bond donors (Lipinski definition) is 1. The minimum absolute atomic E-state index is 0.0441. The topological polar surface area (TPSA) is 56.8 Å². The predicted molar refractivity (Wildman–Crippen MR) is 105 cm³/mol. The van der Waals surface area contributed by atoms with Crippen LogP contribution in [0.1, 0.15) is 24.4 Å². The van der Waals surface area contributed by atoms with E-state index in [4.69, 9.17) is 14.2 Å². The molecule has 1 saturated carbocycles. The second kappa shape index (κ2) is 8.13. The van der Waals surface area contributed by atoms with Crippen LogP contribution in [-0.4, -0.2) is 32.0 Å². The van der Waals surface area contributed by atoms with Crippen molar-refractivity contribution in [3.05, 3.63) is 48.0 Å². The van der Waals surface area contributed by atoms with E-state index in [1.54, 1.807) is 7.11 Å². The molecule has 1 atom stereocenters. The van der Waals surface area contributed by atoms with Crippen molar-refractivity contribution < 1.29 is 19.0 Å². The molecule has 6 heteroatoms. The molecule has 2 aromatic rings. The third-order valence-corrected chi connectivity index (χ3v) is 5.76. The van der Waals surface area contributed by atoms with Crippen LogP contribution >= 0.6 is 11.8 Å². The largest absolute Gasteiger partial charge is 0.497 e. The van der Waals surface area contributed by atoms with Crippen molar-refractivity contribution in [3.8, 4) is 17.2 Å². The molecule has 0 spiro atoms. The highest BCUT2D eigenvalue weighted by molar-refractivity contribution is 8.00. The molecule has 2 aromatic carbocycles. The van der Waals surface area contributed by atoms with Gasteiger partial charge < -0.3 is 19.5 Å². The molecule has 1 N–H and O–H groups in total. The van der Waals surface area contributed by atoms with Crippen LogP contribution in [0.15, 0.2) is 47.4 Å². The lowest BCUT2D eigenvalue weighted by molar-refractivity contribution is -0.119. The van der Waals surface area contributed by atoms with Crippen molar-refractivity contribution in [2.45, 2.75) is 23.8 Å². The number of nitrogens with one attached hydrogen (secondary N) is 1. The van der Waals surface area contributed by atoms with E-state index in [0.717, 1.165) is 40.5 Å². The Hall–Kier alpha value is -2.34. The summed E-state index contributed by atoms with van der Waals surface area (Å²) in [7, 11) is 1.66. The van der Waals surface area contributed by atoms with Gasteiger partial charge in [0.15, 0.2) is 11.5 Å². The summed E-state index contributed by atoms with van der Waals surface area (Å²) in [6.07, 6.45) is 2.32. The Kier molecular flexibility index (Phi) is 5.43. The molecule has 2 aliphatic rings. The fraction of sp³-hybridized carbons (Fsp3) is 0.381. The van der Waals surface area contributed by atoms with Gasteiger partial charge in [0, 0.05) is 4.90 Å². The van der Waals surface area contributed by atoms with Crippen molar-refractivity contribution in [1.29, 1.82) is 0 Å². The quantitative estimate of drug-likeness (QED) is 0.734. The third kappa shape index (κ3) is 4.50. The average molecular weight is 385 g/mol. The Labute approximate surface area is 163 Å². The van der Waals surface area contributed by atoms with Crippen LogP contribution in [0.3, 0.4) is 0 Å². The number of rotatable bonds is 7. The second-order valence-corrected chi connectivity index (χ2v) is 7.80. The van der Waals surface area contributed by atoms with Crippen LogP contribution < -0.4 is 19.5 Å². The lowest BCUT2D eigenvalue weighted by Gasteiger charge is -2.20. The van der Waals surface area contributed by atoms with E-state index >= 15 is 0 Å². The Bertz CT molecular complexity index is 804. The Morgan fingerprint density at radius 1 is 1.15 bits per heavy atom. The molecule has 27 heavy (non-hydrogen) atoms. The zero-order chi connectivity index (χ0) is 18.6. The van der Waals surface area contributed by atoms with Gasteiger partial charge in [-0.15, -0.1) is 11.8 Å². The molecular formula is C21H23NO4S. The van der Waals surface area contributed by atoms with Crippen LogP contribution in [0.2, 0.25) is 0 Å². The van der Waals surface area contributed by atoms with Crippen molar-refractivity contribution in [1.82, 2.24) is 5.32 Å². The lowest BCUT2D eigenvalue weighted by atomic mass is 10.0. The van der Waals surface area contributed by atoms with Gasteiger partial charge in [-0.1, -0.05) is 12.1 Å². The first-order valence-corrected chi connectivity index (χ1v) is 10.2. The number of ether oxygens (including phenoxy) is 3. The van der Waals surface area contributed by atoms with E-state index in [0.29, 0.717) is 24.9 Å². The highest BCUT2D eigenvalue weighted by Gasteiger charge is 2.33. The molecule has 1 aliphatic heterocycles. The van der Waals surface area contributed by atoms with E-state index < -0.39 is 0 Å². The fourth-order valence-corrected chi connectivity index (χ4v) is 3.93. The molecule has 142 valence electrons. The van der Waals surface area contributed by atoms with Crippen molar-refractivity contribution in [2.24, 2.45) is 5.92 Å². The lowest BCUT2D eigenvalue weighted by Crippen LogP contribution is -2.31. The second-order valence-electron chi connectivity index (χ2n) is 6.75. The molecule has 1 fully saturated rings. The first kappa shape index (κ1) is 18.0. The molecule has 0 bridgehead atoms. The number of carbonyl (C=O) groups is 1. The number of carbonyl (C=O) groups excluding carboxylic acids is 1. The predicted octanol–water partition coefficient (Wildman–Crippen LogP) is 3.83. The van der Waals surface area contributed by atoms with Gasteiger partial charge in [0.1, 0.15) is 19.0 Å².